The number of fused-ring (bicyclic) bond motifs is 1. The molecule has 2 aromatic rings. The van der Waals surface area contributed by atoms with E-state index in [4.69, 9.17) is 11.6 Å². The molecule has 19 heavy (non-hydrogen) atoms. The van der Waals surface area contributed by atoms with Crippen LogP contribution in [0, 0.1) is 0 Å². The number of hydrogen-bond donors (Lipinski definition) is 0. The summed E-state index contributed by atoms with van der Waals surface area (Å²) >= 11 is 6.18. The fourth-order valence-electron chi connectivity index (χ4n) is 3.14. The summed E-state index contributed by atoms with van der Waals surface area (Å²) in [7, 11) is 1.97. The minimum absolute atomic E-state index is 0.368. The predicted molar refractivity (Wildman–Crippen MR) is 76.2 cm³/mol. The normalized spacial score (nSPS) is 17.6. The van der Waals surface area contributed by atoms with Gasteiger partial charge in [0.1, 0.15) is 0 Å². The zero-order valence-corrected chi connectivity index (χ0v) is 11.6. The first-order chi connectivity index (χ1) is 9.16. The molecule has 0 bridgehead atoms. The highest BCUT2D eigenvalue weighted by atomic mass is 35.5. The molecule has 0 aliphatic heterocycles. The minimum atomic E-state index is -0.368. The van der Waals surface area contributed by atoms with Crippen LogP contribution in [0.25, 0.3) is 10.9 Å². The topological polar surface area (TPSA) is 34.4 Å². The quantitative estimate of drug-likeness (QED) is 0.603. The zero-order valence-electron chi connectivity index (χ0n) is 10.8. The number of aliphatic imine (C=N–C) groups is 1. The van der Waals surface area contributed by atoms with Gasteiger partial charge in [0.2, 0.25) is 6.08 Å². The Labute approximate surface area is 116 Å². The highest BCUT2D eigenvalue weighted by Crippen LogP contribution is 2.43. The Kier molecular flexibility index (Phi) is 2.96. The molecule has 1 fully saturated rings. The van der Waals surface area contributed by atoms with E-state index in [0.29, 0.717) is 0 Å². The predicted octanol–water partition coefficient (Wildman–Crippen LogP) is 3.94. The van der Waals surface area contributed by atoms with Crippen molar-refractivity contribution in [2.75, 3.05) is 0 Å². The molecule has 0 unspecified atom stereocenters. The molecule has 1 heterocycles. The van der Waals surface area contributed by atoms with Crippen LogP contribution in [0.2, 0.25) is 5.02 Å². The number of nitrogens with zero attached hydrogens (tertiary/aromatic N) is 2. The summed E-state index contributed by atoms with van der Waals surface area (Å²) in [4.78, 5) is 14.9. The van der Waals surface area contributed by atoms with Crippen LogP contribution in [0.15, 0.2) is 29.4 Å². The molecule has 0 saturated heterocycles. The SMILES string of the molecule is Cn1cc(Cl)c2ccc(C3(N=C=O)CCCC3)cc21. The van der Waals surface area contributed by atoms with E-state index >= 15 is 0 Å². The fraction of sp³-hybridized carbons (Fsp3) is 0.400. The molecule has 1 aromatic carbocycles. The lowest BCUT2D eigenvalue weighted by Crippen LogP contribution is -2.18. The average Bonchev–Trinajstić information content (AvgIpc) is 2.97. The molecule has 3 nitrogen and oxygen atoms in total. The summed E-state index contributed by atoms with van der Waals surface area (Å²) in [6, 6.07) is 6.17. The fourth-order valence-corrected chi connectivity index (χ4v) is 3.44. The molecule has 1 saturated carbocycles. The van der Waals surface area contributed by atoms with Gasteiger partial charge in [0.05, 0.1) is 10.6 Å². The smallest absolute Gasteiger partial charge is 0.235 e. The van der Waals surface area contributed by atoms with E-state index in [-0.39, 0.29) is 5.54 Å². The molecular formula is C15H15ClN2O. The third-order valence-electron chi connectivity index (χ3n) is 4.17. The van der Waals surface area contributed by atoms with Gasteiger partial charge >= 0.3 is 0 Å². The maximum Gasteiger partial charge on any atom is 0.235 e. The van der Waals surface area contributed by atoms with E-state index in [2.05, 4.69) is 11.1 Å². The largest absolute Gasteiger partial charge is 0.349 e. The van der Waals surface area contributed by atoms with E-state index in [9.17, 15) is 4.79 Å². The Morgan fingerprint density at radius 3 is 2.79 bits per heavy atom. The molecule has 0 N–H and O–H groups in total. The monoisotopic (exact) mass is 274 g/mol. The van der Waals surface area contributed by atoms with E-state index in [0.717, 1.165) is 47.2 Å². The molecule has 1 aliphatic rings. The number of benzene rings is 1. The van der Waals surface area contributed by atoms with Crippen molar-refractivity contribution in [1.29, 1.82) is 0 Å². The number of rotatable bonds is 2. The average molecular weight is 275 g/mol. The van der Waals surface area contributed by atoms with Crippen LogP contribution in [0.4, 0.5) is 0 Å². The Morgan fingerprint density at radius 1 is 1.37 bits per heavy atom. The summed E-state index contributed by atoms with van der Waals surface area (Å²) in [5.74, 6) is 0. The number of isocyanates is 1. The van der Waals surface area contributed by atoms with Gasteiger partial charge < -0.3 is 4.57 Å². The summed E-state index contributed by atoms with van der Waals surface area (Å²) in [6.07, 6.45) is 7.72. The second-order valence-corrected chi connectivity index (χ2v) is 5.67. The Hall–Kier alpha value is -1.57. The standard InChI is InChI=1S/C15H15ClN2O/c1-18-9-13(16)12-5-4-11(8-14(12)18)15(17-10-19)6-2-3-7-15/h4-5,8-9H,2-3,6-7H2,1H3. The van der Waals surface area contributed by atoms with Crippen molar-refractivity contribution in [2.24, 2.45) is 12.0 Å². The summed E-state index contributed by atoms with van der Waals surface area (Å²) in [6.45, 7) is 0. The summed E-state index contributed by atoms with van der Waals surface area (Å²) in [5, 5.41) is 1.79. The number of aromatic nitrogens is 1. The second-order valence-electron chi connectivity index (χ2n) is 5.26. The van der Waals surface area contributed by atoms with Gasteiger partial charge in [-0.2, -0.15) is 4.99 Å². The molecule has 0 amide bonds. The van der Waals surface area contributed by atoms with Gasteiger partial charge in [-0.05, 0) is 24.5 Å². The first kappa shape index (κ1) is 12.5. The van der Waals surface area contributed by atoms with Crippen LogP contribution in [0.1, 0.15) is 31.2 Å². The number of hydrogen-bond acceptors (Lipinski definition) is 2. The molecule has 1 aliphatic carbocycles. The van der Waals surface area contributed by atoms with E-state index in [1.54, 1.807) is 6.08 Å². The molecule has 4 heteroatoms. The maximum atomic E-state index is 10.8. The van der Waals surface area contributed by atoms with Crippen LogP contribution in [-0.4, -0.2) is 10.6 Å². The Balaban J connectivity index is 2.19. The minimum Gasteiger partial charge on any atom is -0.349 e. The summed E-state index contributed by atoms with van der Waals surface area (Å²) < 4.78 is 2.01. The van der Waals surface area contributed by atoms with Crippen molar-refractivity contribution in [2.45, 2.75) is 31.2 Å². The van der Waals surface area contributed by atoms with E-state index in [1.165, 1.54) is 0 Å². The number of carbonyl (C=O) groups excluding carboxylic acids is 1. The lowest BCUT2D eigenvalue weighted by atomic mass is 9.88. The van der Waals surface area contributed by atoms with Gasteiger partial charge in [-0.3, -0.25) is 0 Å². The van der Waals surface area contributed by atoms with Crippen LogP contribution in [0.3, 0.4) is 0 Å². The van der Waals surface area contributed by atoms with Crippen LogP contribution in [0.5, 0.6) is 0 Å². The second kappa shape index (κ2) is 4.52. The van der Waals surface area contributed by atoms with Crippen molar-refractivity contribution in [3.8, 4) is 0 Å². The van der Waals surface area contributed by atoms with Crippen molar-refractivity contribution in [1.82, 2.24) is 4.57 Å². The molecule has 0 spiro atoms. The van der Waals surface area contributed by atoms with Crippen molar-refractivity contribution in [3.05, 3.63) is 35.0 Å². The molecule has 98 valence electrons. The lowest BCUT2D eigenvalue weighted by Gasteiger charge is -2.23. The first-order valence-electron chi connectivity index (χ1n) is 6.50. The molecule has 0 atom stereocenters. The Bertz CT molecular complexity index is 677. The zero-order chi connectivity index (χ0) is 13.5. The van der Waals surface area contributed by atoms with Gasteiger partial charge in [-0.1, -0.05) is 36.6 Å². The van der Waals surface area contributed by atoms with Gasteiger partial charge in [-0.25, -0.2) is 4.79 Å². The van der Waals surface area contributed by atoms with Crippen molar-refractivity contribution in [3.63, 3.8) is 0 Å². The van der Waals surface area contributed by atoms with Crippen LogP contribution >= 0.6 is 11.6 Å². The number of aryl methyl sites for hydroxylation is 1. The Morgan fingerprint density at radius 2 is 2.11 bits per heavy atom. The molecular weight excluding hydrogens is 260 g/mol. The van der Waals surface area contributed by atoms with E-state index < -0.39 is 0 Å². The van der Waals surface area contributed by atoms with Crippen molar-refractivity contribution < 1.29 is 4.79 Å². The highest BCUT2D eigenvalue weighted by Gasteiger charge is 2.35. The van der Waals surface area contributed by atoms with E-state index in [1.807, 2.05) is 29.9 Å². The van der Waals surface area contributed by atoms with Gasteiger partial charge in [0.25, 0.3) is 0 Å². The highest BCUT2D eigenvalue weighted by molar-refractivity contribution is 6.35. The molecule has 1 aromatic heterocycles. The van der Waals surface area contributed by atoms with Gasteiger partial charge in [-0.15, -0.1) is 0 Å². The van der Waals surface area contributed by atoms with Crippen LogP contribution < -0.4 is 0 Å². The van der Waals surface area contributed by atoms with Gasteiger partial charge in [0, 0.05) is 24.1 Å². The number of halogens is 1. The summed E-state index contributed by atoms with van der Waals surface area (Å²) in [5.41, 5.74) is 1.81. The van der Waals surface area contributed by atoms with Crippen LogP contribution in [-0.2, 0) is 17.4 Å². The molecule has 3 rings (SSSR count). The third-order valence-corrected chi connectivity index (χ3v) is 4.47. The third kappa shape index (κ3) is 1.90. The van der Waals surface area contributed by atoms with Gasteiger partial charge in [0.15, 0.2) is 0 Å². The lowest BCUT2D eigenvalue weighted by molar-refractivity contribution is 0.456. The first-order valence-corrected chi connectivity index (χ1v) is 6.88. The molecule has 0 radical (unpaired) electrons. The maximum absolute atomic E-state index is 10.8. The van der Waals surface area contributed by atoms with Crippen molar-refractivity contribution >= 4 is 28.6 Å².